The Morgan fingerprint density at radius 2 is 2.05 bits per heavy atom. The Bertz CT molecular complexity index is 404. The first kappa shape index (κ1) is 17.5. The number of ether oxygens (including phenoxy) is 1. The molecule has 3 N–H and O–H groups in total. The average Bonchev–Trinajstić information content (AvgIpc) is 2.44. The minimum atomic E-state index is -0.610. The van der Waals surface area contributed by atoms with Crippen LogP contribution in [-0.2, 0) is 0 Å². The summed E-state index contributed by atoms with van der Waals surface area (Å²) < 4.78 is 5.44. The molecule has 0 aromatic heterocycles. The molecule has 0 spiro atoms. The second-order valence-corrected chi connectivity index (χ2v) is 5.53. The summed E-state index contributed by atoms with van der Waals surface area (Å²) in [4.78, 5) is 0. The fourth-order valence-electron chi connectivity index (χ4n) is 1.65. The molecule has 0 saturated carbocycles. The van der Waals surface area contributed by atoms with Crippen LogP contribution in [0.3, 0.4) is 0 Å². The molecule has 0 heterocycles. The van der Waals surface area contributed by atoms with Crippen molar-refractivity contribution in [1.29, 1.82) is 0 Å². The highest BCUT2D eigenvalue weighted by Crippen LogP contribution is 2.26. The van der Waals surface area contributed by atoms with Crippen LogP contribution in [0.1, 0.15) is 19.8 Å². The van der Waals surface area contributed by atoms with Crippen LogP contribution in [0.4, 0.5) is 0 Å². The molecule has 1 rings (SSSR count). The second kappa shape index (κ2) is 9.42. The lowest BCUT2D eigenvalue weighted by atomic mass is 10.2. The van der Waals surface area contributed by atoms with Gasteiger partial charge in [0.2, 0.25) is 0 Å². The number of benzene rings is 1. The van der Waals surface area contributed by atoms with E-state index in [-0.39, 0.29) is 19.3 Å². The van der Waals surface area contributed by atoms with Gasteiger partial charge in [-0.05, 0) is 31.9 Å². The van der Waals surface area contributed by atoms with E-state index in [1.54, 1.807) is 18.2 Å². The van der Waals surface area contributed by atoms with Gasteiger partial charge in [0.25, 0.3) is 0 Å². The number of halogens is 2. The molecule has 2 atom stereocenters. The van der Waals surface area contributed by atoms with Crippen molar-refractivity contribution in [3.05, 3.63) is 28.2 Å². The minimum Gasteiger partial charge on any atom is -0.491 e. The molecule has 0 amide bonds. The van der Waals surface area contributed by atoms with Crippen LogP contribution in [0.5, 0.6) is 5.75 Å². The number of rotatable bonds is 9. The van der Waals surface area contributed by atoms with Crippen LogP contribution < -0.4 is 10.1 Å². The highest BCUT2D eigenvalue weighted by molar-refractivity contribution is 6.42. The predicted molar refractivity (Wildman–Crippen MR) is 81.7 cm³/mol. The summed E-state index contributed by atoms with van der Waals surface area (Å²) in [6, 6.07) is 5.23. The van der Waals surface area contributed by atoms with Crippen LogP contribution in [0.2, 0.25) is 10.0 Å². The lowest BCUT2D eigenvalue weighted by Gasteiger charge is -2.17. The third-order valence-corrected chi connectivity index (χ3v) is 3.57. The first-order valence-electron chi connectivity index (χ1n) is 6.63. The smallest absolute Gasteiger partial charge is 0.121 e. The van der Waals surface area contributed by atoms with Gasteiger partial charge >= 0.3 is 0 Å². The van der Waals surface area contributed by atoms with Gasteiger partial charge in [-0.2, -0.15) is 0 Å². The van der Waals surface area contributed by atoms with Crippen molar-refractivity contribution in [3.8, 4) is 5.75 Å². The van der Waals surface area contributed by atoms with E-state index >= 15 is 0 Å². The summed E-state index contributed by atoms with van der Waals surface area (Å²) >= 11 is 11.7. The summed E-state index contributed by atoms with van der Waals surface area (Å²) in [5.41, 5.74) is 0. The minimum absolute atomic E-state index is 0.178. The van der Waals surface area contributed by atoms with Gasteiger partial charge in [-0.1, -0.05) is 23.2 Å². The van der Waals surface area contributed by atoms with Crippen molar-refractivity contribution in [1.82, 2.24) is 5.32 Å². The molecular formula is C14H21Cl2NO3. The quantitative estimate of drug-likeness (QED) is 0.654. The molecule has 0 aliphatic heterocycles. The third kappa shape index (κ3) is 6.77. The number of aliphatic hydroxyl groups excluding tert-OH is 2. The number of hydrogen-bond acceptors (Lipinski definition) is 4. The topological polar surface area (TPSA) is 61.7 Å². The lowest BCUT2D eigenvalue weighted by molar-refractivity contribution is 0.103. The maximum atomic E-state index is 9.81. The molecule has 0 saturated heterocycles. The molecule has 0 radical (unpaired) electrons. The summed E-state index contributed by atoms with van der Waals surface area (Å²) in [7, 11) is 0. The molecule has 2 unspecified atom stereocenters. The summed E-state index contributed by atoms with van der Waals surface area (Å²) in [6.07, 6.45) is 1.02. The highest BCUT2D eigenvalue weighted by atomic mass is 35.5. The average molecular weight is 322 g/mol. The molecule has 1 aromatic carbocycles. The first-order chi connectivity index (χ1) is 9.52. The van der Waals surface area contributed by atoms with E-state index in [9.17, 15) is 5.11 Å². The van der Waals surface area contributed by atoms with E-state index in [0.717, 1.165) is 12.8 Å². The maximum Gasteiger partial charge on any atom is 0.121 e. The van der Waals surface area contributed by atoms with Crippen molar-refractivity contribution < 1.29 is 14.9 Å². The Kier molecular flexibility index (Phi) is 8.26. The molecule has 0 aliphatic carbocycles. The van der Waals surface area contributed by atoms with Crippen molar-refractivity contribution in [2.45, 2.75) is 31.9 Å². The van der Waals surface area contributed by atoms with Crippen LogP contribution in [0.25, 0.3) is 0 Å². The fraction of sp³-hybridized carbons (Fsp3) is 0.571. The molecular weight excluding hydrogens is 301 g/mol. The van der Waals surface area contributed by atoms with Gasteiger partial charge < -0.3 is 20.3 Å². The molecule has 20 heavy (non-hydrogen) atoms. The van der Waals surface area contributed by atoms with E-state index in [0.29, 0.717) is 22.3 Å². The lowest BCUT2D eigenvalue weighted by Crippen LogP contribution is -2.36. The molecule has 0 bridgehead atoms. The van der Waals surface area contributed by atoms with E-state index < -0.39 is 6.10 Å². The molecule has 114 valence electrons. The van der Waals surface area contributed by atoms with Gasteiger partial charge in [-0.3, -0.25) is 0 Å². The molecule has 6 heteroatoms. The third-order valence-electron chi connectivity index (χ3n) is 2.83. The molecule has 4 nitrogen and oxygen atoms in total. The Labute approximate surface area is 129 Å². The second-order valence-electron chi connectivity index (χ2n) is 4.72. The summed E-state index contributed by atoms with van der Waals surface area (Å²) in [5.74, 6) is 0.576. The van der Waals surface area contributed by atoms with Gasteiger partial charge in [0.05, 0.1) is 10.0 Å². The van der Waals surface area contributed by atoms with Crippen LogP contribution in [0, 0.1) is 0 Å². The first-order valence-corrected chi connectivity index (χ1v) is 7.38. The van der Waals surface area contributed by atoms with E-state index in [1.807, 2.05) is 6.92 Å². The van der Waals surface area contributed by atoms with Crippen molar-refractivity contribution >= 4 is 23.2 Å². The fourth-order valence-corrected chi connectivity index (χ4v) is 1.94. The van der Waals surface area contributed by atoms with Gasteiger partial charge in [-0.15, -0.1) is 0 Å². The largest absolute Gasteiger partial charge is 0.491 e. The van der Waals surface area contributed by atoms with Crippen LogP contribution in [0.15, 0.2) is 18.2 Å². The van der Waals surface area contributed by atoms with E-state index in [2.05, 4.69) is 5.32 Å². The Hall–Kier alpha value is -0.520. The van der Waals surface area contributed by atoms with Gasteiger partial charge in [-0.25, -0.2) is 0 Å². The standard InChI is InChI=1S/C14H21Cl2NO3/c1-10(3-2-6-18)17-8-11(19)9-20-12-4-5-13(15)14(16)7-12/h4-5,7,10-11,17-19H,2-3,6,8-9H2,1H3. The van der Waals surface area contributed by atoms with E-state index in [1.165, 1.54) is 0 Å². The summed E-state index contributed by atoms with van der Waals surface area (Å²) in [6.45, 7) is 2.82. The number of hydrogen-bond donors (Lipinski definition) is 3. The molecule has 0 fully saturated rings. The van der Waals surface area contributed by atoms with Crippen molar-refractivity contribution in [3.63, 3.8) is 0 Å². The zero-order valence-electron chi connectivity index (χ0n) is 11.5. The zero-order chi connectivity index (χ0) is 15.0. The monoisotopic (exact) mass is 321 g/mol. The van der Waals surface area contributed by atoms with Gasteiger partial charge in [0.1, 0.15) is 18.5 Å². The molecule has 0 aliphatic rings. The Morgan fingerprint density at radius 1 is 1.30 bits per heavy atom. The van der Waals surface area contributed by atoms with E-state index in [4.69, 9.17) is 33.0 Å². The number of nitrogens with one attached hydrogen (secondary N) is 1. The van der Waals surface area contributed by atoms with Crippen LogP contribution in [-0.4, -0.2) is 42.1 Å². The maximum absolute atomic E-state index is 9.81. The molecule has 1 aromatic rings. The Morgan fingerprint density at radius 3 is 2.70 bits per heavy atom. The zero-order valence-corrected chi connectivity index (χ0v) is 13.0. The van der Waals surface area contributed by atoms with Crippen molar-refractivity contribution in [2.75, 3.05) is 19.8 Å². The SMILES string of the molecule is CC(CCCO)NCC(O)COc1ccc(Cl)c(Cl)c1. The number of aliphatic hydroxyl groups is 2. The predicted octanol–water partition coefficient (Wildman–Crippen LogP) is 2.48. The normalized spacial score (nSPS) is 14.1. The van der Waals surface area contributed by atoms with Crippen molar-refractivity contribution in [2.24, 2.45) is 0 Å². The van der Waals surface area contributed by atoms with Crippen LogP contribution >= 0.6 is 23.2 Å². The highest BCUT2D eigenvalue weighted by Gasteiger charge is 2.08. The summed E-state index contributed by atoms with van der Waals surface area (Å²) in [5, 5.41) is 22.6. The Balaban J connectivity index is 2.25. The van der Waals surface area contributed by atoms with Gasteiger partial charge in [0, 0.05) is 25.3 Å². The van der Waals surface area contributed by atoms with Gasteiger partial charge in [0.15, 0.2) is 0 Å².